The van der Waals surface area contributed by atoms with Crippen molar-refractivity contribution in [2.75, 3.05) is 0 Å². The quantitative estimate of drug-likeness (QED) is 0.279. The fourth-order valence-electron chi connectivity index (χ4n) is 3.73. The molecule has 0 bridgehead atoms. The van der Waals surface area contributed by atoms with E-state index in [0.717, 1.165) is 18.4 Å². The van der Waals surface area contributed by atoms with E-state index >= 15 is 0 Å². The minimum absolute atomic E-state index is 0.810. The van der Waals surface area contributed by atoms with Gasteiger partial charge in [0.15, 0.2) is 12.4 Å². The summed E-state index contributed by atoms with van der Waals surface area (Å²) in [5.41, 5.74) is 1.38. The molecule has 2 nitrogen and oxygen atoms in total. The van der Waals surface area contributed by atoms with E-state index in [-0.39, 0.29) is 0 Å². The Morgan fingerprint density at radius 3 is 2.15 bits per heavy atom. The van der Waals surface area contributed by atoms with Gasteiger partial charge in [-0.1, -0.05) is 70.9 Å². The van der Waals surface area contributed by atoms with Crippen LogP contribution in [-0.2, 0) is 13.0 Å². The predicted molar refractivity (Wildman–Crippen MR) is 114 cm³/mol. The van der Waals surface area contributed by atoms with Crippen molar-refractivity contribution in [1.82, 2.24) is 4.98 Å². The molecule has 2 heteroatoms. The van der Waals surface area contributed by atoms with Crippen LogP contribution in [0.15, 0.2) is 55.1 Å². The Labute approximate surface area is 167 Å². The van der Waals surface area contributed by atoms with Gasteiger partial charge in [0, 0.05) is 30.9 Å². The SMILES string of the molecule is CC(CCCCCCCCCc1cccnc1)C(C)CC[n+]1ccccc1. The highest BCUT2D eigenvalue weighted by molar-refractivity contribution is 5.08. The van der Waals surface area contributed by atoms with E-state index in [9.17, 15) is 0 Å². The highest BCUT2D eigenvalue weighted by Crippen LogP contribution is 2.22. The van der Waals surface area contributed by atoms with Crippen LogP contribution >= 0.6 is 0 Å². The minimum Gasteiger partial charge on any atom is -0.264 e. The van der Waals surface area contributed by atoms with Crippen molar-refractivity contribution >= 4 is 0 Å². The summed E-state index contributed by atoms with van der Waals surface area (Å²) < 4.78 is 2.30. The molecular weight excluding hydrogens is 328 g/mol. The van der Waals surface area contributed by atoms with E-state index < -0.39 is 0 Å². The van der Waals surface area contributed by atoms with Crippen LogP contribution < -0.4 is 4.57 Å². The van der Waals surface area contributed by atoms with Crippen molar-refractivity contribution in [3.05, 3.63) is 60.7 Å². The van der Waals surface area contributed by atoms with Crippen molar-refractivity contribution in [1.29, 1.82) is 0 Å². The normalized spacial score (nSPS) is 13.4. The molecule has 0 radical (unpaired) electrons. The van der Waals surface area contributed by atoms with Gasteiger partial charge in [-0.15, -0.1) is 0 Å². The lowest BCUT2D eigenvalue weighted by atomic mass is 9.88. The number of hydrogen-bond acceptors (Lipinski definition) is 1. The van der Waals surface area contributed by atoms with Crippen molar-refractivity contribution in [3.63, 3.8) is 0 Å². The Morgan fingerprint density at radius 1 is 0.778 bits per heavy atom. The lowest BCUT2D eigenvalue weighted by Gasteiger charge is -2.18. The van der Waals surface area contributed by atoms with Gasteiger partial charge in [0.1, 0.15) is 6.54 Å². The van der Waals surface area contributed by atoms with E-state index in [1.807, 2.05) is 18.5 Å². The average molecular weight is 368 g/mol. The maximum Gasteiger partial charge on any atom is 0.168 e. The standard InChI is InChI=1S/C25H39N2/c1-23(24(2)17-21-27-19-11-8-12-20-27)14-9-6-4-3-5-7-10-15-25-16-13-18-26-22-25/h8,11-13,16,18-20,22-24H,3-7,9-10,14-15,17,21H2,1-2H3/q+1. The largest absolute Gasteiger partial charge is 0.264 e. The van der Waals surface area contributed by atoms with Crippen molar-refractivity contribution < 1.29 is 4.57 Å². The second-order valence-corrected chi connectivity index (χ2v) is 8.23. The van der Waals surface area contributed by atoms with Crippen LogP contribution in [0.2, 0.25) is 0 Å². The Balaban J connectivity index is 1.41. The fourth-order valence-corrected chi connectivity index (χ4v) is 3.73. The van der Waals surface area contributed by atoms with Gasteiger partial charge in [-0.25, -0.2) is 4.57 Å². The predicted octanol–water partition coefficient (Wildman–Crippen LogP) is 6.39. The van der Waals surface area contributed by atoms with Crippen LogP contribution in [0.4, 0.5) is 0 Å². The first-order valence-corrected chi connectivity index (χ1v) is 11.1. The number of nitrogens with zero attached hydrogens (tertiary/aromatic N) is 2. The molecule has 0 saturated carbocycles. The molecule has 0 aliphatic rings. The third-order valence-corrected chi connectivity index (χ3v) is 5.94. The van der Waals surface area contributed by atoms with Crippen LogP contribution in [0.5, 0.6) is 0 Å². The molecule has 0 aromatic carbocycles. The van der Waals surface area contributed by atoms with Crippen molar-refractivity contribution in [3.8, 4) is 0 Å². The Hall–Kier alpha value is -1.70. The molecule has 27 heavy (non-hydrogen) atoms. The molecule has 2 atom stereocenters. The van der Waals surface area contributed by atoms with E-state index in [1.165, 1.54) is 69.8 Å². The lowest BCUT2D eigenvalue weighted by Crippen LogP contribution is -2.33. The molecule has 2 rings (SSSR count). The van der Waals surface area contributed by atoms with Gasteiger partial charge < -0.3 is 0 Å². The maximum absolute atomic E-state index is 4.19. The molecule has 0 aliphatic carbocycles. The topological polar surface area (TPSA) is 16.8 Å². The molecule has 0 fully saturated rings. The number of unbranched alkanes of at least 4 members (excludes halogenated alkanes) is 6. The molecule has 0 amide bonds. The summed E-state index contributed by atoms with van der Waals surface area (Å²) in [5.74, 6) is 1.65. The van der Waals surface area contributed by atoms with Crippen LogP contribution in [0.3, 0.4) is 0 Å². The Morgan fingerprint density at radius 2 is 1.44 bits per heavy atom. The zero-order valence-corrected chi connectivity index (χ0v) is 17.5. The summed E-state index contributed by atoms with van der Waals surface area (Å²) in [6, 6.07) is 10.6. The fraction of sp³-hybridized carbons (Fsp3) is 0.600. The minimum atomic E-state index is 0.810. The molecule has 2 aromatic rings. The zero-order valence-electron chi connectivity index (χ0n) is 17.5. The smallest absolute Gasteiger partial charge is 0.168 e. The number of rotatable bonds is 14. The molecule has 0 N–H and O–H groups in total. The summed E-state index contributed by atoms with van der Waals surface area (Å²) in [5, 5.41) is 0. The van der Waals surface area contributed by atoms with Crippen LogP contribution in [0.1, 0.15) is 77.2 Å². The summed E-state index contributed by atoms with van der Waals surface area (Å²) in [6.45, 7) is 6.01. The molecule has 2 unspecified atom stereocenters. The van der Waals surface area contributed by atoms with Gasteiger partial charge in [-0.2, -0.15) is 0 Å². The maximum atomic E-state index is 4.19. The van der Waals surface area contributed by atoms with Crippen LogP contribution in [-0.4, -0.2) is 4.98 Å². The molecule has 0 spiro atoms. The van der Waals surface area contributed by atoms with E-state index in [0.29, 0.717) is 0 Å². The van der Waals surface area contributed by atoms with Gasteiger partial charge in [0.2, 0.25) is 0 Å². The summed E-state index contributed by atoms with van der Waals surface area (Å²) in [7, 11) is 0. The number of pyridine rings is 2. The summed E-state index contributed by atoms with van der Waals surface area (Å²) in [4.78, 5) is 4.19. The van der Waals surface area contributed by atoms with Crippen LogP contribution in [0.25, 0.3) is 0 Å². The number of aromatic nitrogens is 2. The Bertz CT molecular complexity index is 582. The third-order valence-electron chi connectivity index (χ3n) is 5.94. The monoisotopic (exact) mass is 367 g/mol. The van der Waals surface area contributed by atoms with Gasteiger partial charge in [-0.05, 0) is 36.3 Å². The van der Waals surface area contributed by atoms with E-state index in [1.54, 1.807) is 0 Å². The molecule has 148 valence electrons. The third kappa shape index (κ3) is 9.70. The summed E-state index contributed by atoms with van der Waals surface area (Å²) >= 11 is 0. The molecule has 0 aliphatic heterocycles. The molecule has 2 aromatic heterocycles. The number of aryl methyl sites for hydroxylation is 2. The first-order valence-electron chi connectivity index (χ1n) is 11.1. The van der Waals surface area contributed by atoms with E-state index in [4.69, 9.17) is 0 Å². The van der Waals surface area contributed by atoms with Gasteiger partial charge >= 0.3 is 0 Å². The van der Waals surface area contributed by atoms with Gasteiger partial charge in [0.05, 0.1) is 0 Å². The molecule has 0 saturated heterocycles. The summed E-state index contributed by atoms with van der Waals surface area (Å²) in [6.07, 6.45) is 21.7. The molecular formula is C25H39N2+. The second-order valence-electron chi connectivity index (χ2n) is 8.23. The van der Waals surface area contributed by atoms with Crippen molar-refractivity contribution in [2.45, 2.75) is 84.6 Å². The van der Waals surface area contributed by atoms with Crippen molar-refractivity contribution in [2.24, 2.45) is 11.8 Å². The second kappa shape index (κ2) is 13.5. The van der Waals surface area contributed by atoms with E-state index in [2.05, 4.69) is 60.1 Å². The van der Waals surface area contributed by atoms with Gasteiger partial charge in [-0.3, -0.25) is 4.98 Å². The van der Waals surface area contributed by atoms with Gasteiger partial charge in [0.25, 0.3) is 0 Å². The highest BCUT2D eigenvalue weighted by Gasteiger charge is 2.13. The number of hydrogen-bond donors (Lipinski definition) is 0. The average Bonchev–Trinajstić information content (AvgIpc) is 2.72. The first-order chi connectivity index (χ1) is 13.3. The Kier molecular flexibility index (Phi) is 10.8. The lowest BCUT2D eigenvalue weighted by molar-refractivity contribution is -0.698. The highest BCUT2D eigenvalue weighted by atomic mass is 14.9. The molecule has 2 heterocycles. The van der Waals surface area contributed by atoms with Crippen LogP contribution in [0, 0.1) is 11.8 Å². The first kappa shape index (κ1) is 21.6. The zero-order chi connectivity index (χ0) is 19.2.